The van der Waals surface area contributed by atoms with E-state index in [0.29, 0.717) is 17.5 Å². The number of aromatic nitrogens is 3. The predicted molar refractivity (Wildman–Crippen MR) is 275 cm³/mol. The summed E-state index contributed by atoms with van der Waals surface area (Å²) in [4.78, 5) is 16.5. The van der Waals surface area contributed by atoms with Gasteiger partial charge in [0.05, 0.1) is 5.41 Å². The lowest BCUT2D eigenvalue weighted by Gasteiger charge is -2.30. The molecule has 1 heterocycles. The first kappa shape index (κ1) is 38.9. The van der Waals surface area contributed by atoms with Crippen LogP contribution in [0.1, 0.15) is 40.7 Å². The molecule has 0 saturated carbocycles. The minimum absolute atomic E-state index is 0.497. The zero-order valence-corrected chi connectivity index (χ0v) is 36.8. The van der Waals surface area contributed by atoms with E-state index in [0.717, 1.165) is 62.9 Å². The molecule has 0 atom stereocenters. The fraction of sp³-hybridized carbons (Fsp3) is 0.0469. The summed E-state index contributed by atoms with van der Waals surface area (Å²) in [5.41, 5.74) is 21.8. The molecular weight excluding hydrogens is 811 g/mol. The molecule has 0 bridgehead atoms. The minimum Gasteiger partial charge on any atom is -0.208 e. The molecule has 0 N–H and O–H groups in total. The molecule has 0 aliphatic heterocycles. The Morgan fingerprint density at radius 2 is 0.687 bits per heavy atom. The fourth-order valence-corrected chi connectivity index (χ4v) is 10.9. The summed E-state index contributed by atoms with van der Waals surface area (Å²) in [6.45, 7) is 0. The molecule has 13 rings (SSSR count). The Bertz CT molecular complexity index is 3500. The van der Waals surface area contributed by atoms with E-state index >= 15 is 0 Å². The van der Waals surface area contributed by atoms with Crippen molar-refractivity contribution in [3.05, 3.63) is 264 Å². The van der Waals surface area contributed by atoms with Crippen LogP contribution < -0.4 is 0 Å². The van der Waals surface area contributed by atoms with Gasteiger partial charge in [-0.15, -0.1) is 0 Å². The average Bonchev–Trinajstić information content (AvgIpc) is 3.88. The summed E-state index contributed by atoms with van der Waals surface area (Å²) in [5, 5.41) is 0. The lowest BCUT2D eigenvalue weighted by Crippen LogP contribution is -2.25. The van der Waals surface area contributed by atoms with E-state index in [1.807, 2.05) is 0 Å². The van der Waals surface area contributed by atoms with Crippen LogP contribution in [0.25, 0.3) is 95.4 Å². The van der Waals surface area contributed by atoms with Gasteiger partial charge >= 0.3 is 0 Å². The lowest BCUT2D eigenvalue weighted by molar-refractivity contribution is 0.794. The van der Waals surface area contributed by atoms with E-state index in [1.165, 1.54) is 55.6 Å². The van der Waals surface area contributed by atoms with Crippen LogP contribution in [-0.2, 0) is 5.41 Å². The quantitative estimate of drug-likeness (QED) is 0.160. The van der Waals surface area contributed by atoms with Crippen LogP contribution in [0.5, 0.6) is 0 Å². The average molecular weight is 854 g/mol. The van der Waals surface area contributed by atoms with Crippen LogP contribution in [0.4, 0.5) is 0 Å². The molecule has 1 spiro atoms. The van der Waals surface area contributed by atoms with Crippen LogP contribution in [0.2, 0.25) is 0 Å². The van der Waals surface area contributed by atoms with E-state index in [4.69, 9.17) is 15.0 Å². The second-order valence-electron chi connectivity index (χ2n) is 17.8. The molecule has 3 nitrogen and oxygen atoms in total. The maximum atomic E-state index is 5.50. The monoisotopic (exact) mass is 853 g/mol. The highest BCUT2D eigenvalue weighted by Crippen LogP contribution is 2.63. The molecule has 314 valence electrons. The third kappa shape index (κ3) is 6.46. The lowest BCUT2D eigenvalue weighted by atomic mass is 9.70. The number of fused-ring (bicyclic) bond motifs is 10. The van der Waals surface area contributed by atoms with Crippen molar-refractivity contribution in [2.75, 3.05) is 0 Å². The van der Waals surface area contributed by atoms with Crippen LogP contribution in [0, 0.1) is 0 Å². The molecule has 0 fully saturated rings. The van der Waals surface area contributed by atoms with Crippen molar-refractivity contribution in [3.63, 3.8) is 0 Å². The van der Waals surface area contributed by atoms with Crippen LogP contribution in [-0.4, -0.2) is 15.0 Å². The molecule has 0 saturated heterocycles. The number of nitrogens with zero attached hydrogens (tertiary/aromatic N) is 3. The summed E-state index contributed by atoms with van der Waals surface area (Å²) in [6, 6.07) is 79.2. The van der Waals surface area contributed by atoms with Crippen molar-refractivity contribution in [2.45, 2.75) is 18.3 Å². The highest BCUT2D eigenvalue weighted by molar-refractivity contribution is 5.96. The van der Waals surface area contributed by atoms with Gasteiger partial charge in [0.25, 0.3) is 0 Å². The second kappa shape index (κ2) is 15.9. The summed E-state index contributed by atoms with van der Waals surface area (Å²) >= 11 is 0. The molecule has 0 amide bonds. The smallest absolute Gasteiger partial charge is 0.164 e. The van der Waals surface area contributed by atoms with E-state index in [-0.39, 0.29) is 0 Å². The van der Waals surface area contributed by atoms with Gasteiger partial charge in [0, 0.05) is 16.7 Å². The van der Waals surface area contributed by atoms with Crippen LogP contribution >= 0.6 is 0 Å². The minimum atomic E-state index is -0.497. The van der Waals surface area contributed by atoms with E-state index in [1.54, 1.807) is 0 Å². The number of benzene rings is 9. The Kier molecular flexibility index (Phi) is 9.21. The highest BCUT2D eigenvalue weighted by atomic mass is 15.0. The topological polar surface area (TPSA) is 38.7 Å². The Labute approximate surface area is 391 Å². The number of hydrogen-bond donors (Lipinski definition) is 0. The van der Waals surface area contributed by atoms with Gasteiger partial charge in [-0.25, -0.2) is 15.0 Å². The molecule has 3 aliphatic rings. The third-order valence-electron chi connectivity index (χ3n) is 14.0. The van der Waals surface area contributed by atoms with Crippen LogP contribution in [0.3, 0.4) is 0 Å². The van der Waals surface area contributed by atoms with Gasteiger partial charge in [0.1, 0.15) is 0 Å². The zero-order valence-electron chi connectivity index (χ0n) is 36.8. The molecular formula is C64H43N3. The first-order valence-electron chi connectivity index (χ1n) is 23.2. The second-order valence-corrected chi connectivity index (χ2v) is 17.8. The van der Waals surface area contributed by atoms with Gasteiger partial charge in [-0.1, -0.05) is 194 Å². The number of rotatable bonds is 7. The summed E-state index contributed by atoms with van der Waals surface area (Å²) in [7, 11) is 0. The molecule has 9 aromatic carbocycles. The van der Waals surface area contributed by atoms with Gasteiger partial charge < -0.3 is 0 Å². The molecule has 67 heavy (non-hydrogen) atoms. The maximum Gasteiger partial charge on any atom is 0.164 e. The third-order valence-corrected chi connectivity index (χ3v) is 14.0. The molecule has 3 aliphatic carbocycles. The summed E-state index contributed by atoms with van der Waals surface area (Å²) in [6.07, 6.45) is 8.65. The molecule has 1 aromatic heterocycles. The van der Waals surface area contributed by atoms with E-state index in [9.17, 15) is 0 Å². The SMILES string of the molecule is C1=CCCC(c2cc(-c3ccccc3)cc(-c3nc(-c4cc(-c5ccccc5)cc(-c5ccccc5)c4)nc(-c4ccc5c(c4)C4(c6ccccc6-c6ccccc64)c4ccccc4-5)n3)c2)=C1. The van der Waals surface area contributed by atoms with Gasteiger partial charge in [-0.05, 0) is 144 Å². The molecule has 0 radical (unpaired) electrons. The van der Waals surface area contributed by atoms with Gasteiger partial charge in [0.15, 0.2) is 17.5 Å². The van der Waals surface area contributed by atoms with Crippen molar-refractivity contribution in [3.8, 4) is 89.8 Å². The zero-order chi connectivity index (χ0) is 44.3. The number of hydrogen-bond acceptors (Lipinski definition) is 3. The first-order chi connectivity index (χ1) is 33.2. The molecule has 0 unspecified atom stereocenters. The van der Waals surface area contributed by atoms with E-state index in [2.05, 4.69) is 237 Å². The Morgan fingerprint density at radius 3 is 1.15 bits per heavy atom. The van der Waals surface area contributed by atoms with Gasteiger partial charge in [-0.3, -0.25) is 0 Å². The Morgan fingerprint density at radius 1 is 0.299 bits per heavy atom. The van der Waals surface area contributed by atoms with Crippen molar-refractivity contribution in [1.82, 2.24) is 15.0 Å². The van der Waals surface area contributed by atoms with Crippen molar-refractivity contribution in [1.29, 1.82) is 0 Å². The highest BCUT2D eigenvalue weighted by Gasteiger charge is 2.51. The summed E-state index contributed by atoms with van der Waals surface area (Å²) < 4.78 is 0. The normalized spacial score (nSPS) is 13.7. The molecule has 3 heteroatoms. The van der Waals surface area contributed by atoms with Crippen molar-refractivity contribution in [2.24, 2.45) is 0 Å². The summed E-state index contributed by atoms with van der Waals surface area (Å²) in [5.74, 6) is 1.88. The van der Waals surface area contributed by atoms with Crippen molar-refractivity contribution < 1.29 is 0 Å². The fourth-order valence-electron chi connectivity index (χ4n) is 10.9. The van der Waals surface area contributed by atoms with E-state index < -0.39 is 5.41 Å². The number of allylic oxidation sites excluding steroid dienone is 4. The largest absolute Gasteiger partial charge is 0.208 e. The van der Waals surface area contributed by atoms with Gasteiger partial charge in [0.2, 0.25) is 0 Å². The first-order valence-corrected chi connectivity index (χ1v) is 23.2. The van der Waals surface area contributed by atoms with Crippen LogP contribution in [0.15, 0.2) is 237 Å². The predicted octanol–water partition coefficient (Wildman–Crippen LogP) is 16.0. The van der Waals surface area contributed by atoms with Gasteiger partial charge in [-0.2, -0.15) is 0 Å². The molecule has 10 aromatic rings. The van der Waals surface area contributed by atoms with Crippen molar-refractivity contribution >= 4 is 5.57 Å². The Hall–Kier alpha value is -8.53. The maximum absolute atomic E-state index is 5.50. The standard InChI is InChI=1S/C64H43N3/c1-5-19-42(20-6-1)47-35-48(43-21-7-2-8-22-43)38-51(37-47)62-65-61(66-63(67-62)52-39-49(44-23-9-3-10-24-44)36-50(40-52)45-25-11-4-12-26-45)46-33-34-56-55-29-15-18-32-59(55)64(60(56)41-46)57-30-16-13-27-53(57)54-28-14-17-31-58(54)64/h1-11,13-25,27-41H,12,26H2. The Balaban J connectivity index is 1.07.